The third-order valence-corrected chi connectivity index (χ3v) is 3.71. The first kappa shape index (κ1) is 14.1. The van der Waals surface area contributed by atoms with Gasteiger partial charge in [-0.2, -0.15) is 0 Å². The Morgan fingerprint density at radius 3 is 2.32 bits per heavy atom. The number of pyridine rings is 1. The van der Waals surface area contributed by atoms with Gasteiger partial charge in [0.15, 0.2) is 0 Å². The number of phenolic OH excluding ortho intramolecular Hbond substituents is 1. The van der Waals surface area contributed by atoms with E-state index in [4.69, 9.17) is 0 Å². The van der Waals surface area contributed by atoms with Crippen LogP contribution in [0.4, 0.5) is 10.5 Å². The number of amides is 3. The molecule has 2 heterocycles. The summed E-state index contributed by atoms with van der Waals surface area (Å²) in [5.41, 5.74) is 2.47. The number of urea groups is 1. The van der Waals surface area contributed by atoms with Crippen LogP contribution in [0, 0.1) is 13.8 Å². The van der Waals surface area contributed by atoms with Crippen molar-refractivity contribution in [3.63, 3.8) is 0 Å². The van der Waals surface area contributed by atoms with E-state index in [1.807, 2.05) is 0 Å². The van der Waals surface area contributed by atoms with E-state index in [-0.39, 0.29) is 11.7 Å². The van der Waals surface area contributed by atoms with E-state index >= 15 is 0 Å². The fourth-order valence-electron chi connectivity index (χ4n) is 2.60. The van der Waals surface area contributed by atoms with Gasteiger partial charge < -0.3 is 10.4 Å². The summed E-state index contributed by atoms with van der Waals surface area (Å²) in [6.45, 7) is 3.52. The highest BCUT2D eigenvalue weighted by Gasteiger charge is 2.40. The fourth-order valence-corrected chi connectivity index (χ4v) is 2.60. The molecule has 0 spiro atoms. The zero-order valence-electron chi connectivity index (χ0n) is 12.2. The maximum Gasteiger partial charge on any atom is 0.329 e. The van der Waals surface area contributed by atoms with Crippen LogP contribution in [-0.2, 0) is 4.79 Å². The summed E-state index contributed by atoms with van der Waals surface area (Å²) < 4.78 is 0. The van der Waals surface area contributed by atoms with Crippen molar-refractivity contribution in [2.24, 2.45) is 0 Å². The maximum atomic E-state index is 12.6. The molecular formula is C16H15N3O3. The summed E-state index contributed by atoms with van der Waals surface area (Å²) >= 11 is 0. The highest BCUT2D eigenvalue weighted by atomic mass is 16.3. The number of hydrogen-bond acceptors (Lipinski definition) is 4. The summed E-state index contributed by atoms with van der Waals surface area (Å²) in [5, 5.41) is 12.5. The second-order valence-corrected chi connectivity index (χ2v) is 5.26. The molecule has 1 atom stereocenters. The van der Waals surface area contributed by atoms with Crippen molar-refractivity contribution in [1.29, 1.82) is 0 Å². The number of aryl methyl sites for hydroxylation is 2. The van der Waals surface area contributed by atoms with Gasteiger partial charge in [0.25, 0.3) is 5.91 Å². The normalized spacial score (nSPS) is 17.7. The Labute approximate surface area is 127 Å². The lowest BCUT2D eigenvalue weighted by atomic mass is 10.00. The lowest BCUT2D eigenvalue weighted by Crippen LogP contribution is -2.30. The maximum absolute atomic E-state index is 12.6. The monoisotopic (exact) mass is 297 g/mol. The van der Waals surface area contributed by atoms with E-state index in [9.17, 15) is 14.7 Å². The smallest absolute Gasteiger partial charge is 0.329 e. The fraction of sp³-hybridized carbons (Fsp3) is 0.188. The molecule has 6 nitrogen and oxygen atoms in total. The molecule has 1 aliphatic heterocycles. The number of imide groups is 1. The molecule has 3 rings (SSSR count). The molecule has 0 aliphatic carbocycles. The number of nitrogens with one attached hydrogen (secondary N) is 1. The quantitative estimate of drug-likeness (QED) is 0.832. The van der Waals surface area contributed by atoms with Crippen LogP contribution >= 0.6 is 0 Å². The van der Waals surface area contributed by atoms with Crippen molar-refractivity contribution in [2.45, 2.75) is 19.9 Å². The molecule has 112 valence electrons. The van der Waals surface area contributed by atoms with Gasteiger partial charge in [0, 0.05) is 12.4 Å². The van der Waals surface area contributed by atoms with Crippen molar-refractivity contribution in [1.82, 2.24) is 10.3 Å². The largest absolute Gasteiger partial charge is 0.507 e. The van der Waals surface area contributed by atoms with E-state index < -0.39 is 12.1 Å². The van der Waals surface area contributed by atoms with Crippen LogP contribution < -0.4 is 10.2 Å². The van der Waals surface area contributed by atoms with Gasteiger partial charge in [0.2, 0.25) is 0 Å². The van der Waals surface area contributed by atoms with Gasteiger partial charge in [0.1, 0.15) is 11.8 Å². The van der Waals surface area contributed by atoms with Crippen molar-refractivity contribution >= 4 is 17.6 Å². The average molecular weight is 297 g/mol. The van der Waals surface area contributed by atoms with E-state index in [0.29, 0.717) is 22.4 Å². The van der Waals surface area contributed by atoms with E-state index in [0.717, 1.165) is 4.90 Å². The molecule has 1 fully saturated rings. The molecule has 1 saturated heterocycles. The van der Waals surface area contributed by atoms with Crippen LogP contribution in [0.1, 0.15) is 22.7 Å². The van der Waals surface area contributed by atoms with Gasteiger partial charge in [-0.05, 0) is 54.8 Å². The Balaban J connectivity index is 1.98. The highest BCUT2D eigenvalue weighted by Crippen LogP contribution is 2.31. The Morgan fingerprint density at radius 1 is 1.14 bits per heavy atom. The average Bonchev–Trinajstić information content (AvgIpc) is 2.80. The third kappa shape index (κ3) is 2.18. The van der Waals surface area contributed by atoms with Gasteiger partial charge in [-0.3, -0.25) is 9.78 Å². The number of anilines is 1. The van der Waals surface area contributed by atoms with Crippen LogP contribution in [0.5, 0.6) is 5.75 Å². The number of hydrogen-bond donors (Lipinski definition) is 2. The zero-order chi connectivity index (χ0) is 15.9. The minimum atomic E-state index is -0.751. The molecule has 6 heteroatoms. The molecule has 1 aromatic heterocycles. The number of aromatic nitrogens is 1. The minimum Gasteiger partial charge on any atom is -0.507 e. The molecule has 2 aromatic rings. The van der Waals surface area contributed by atoms with Gasteiger partial charge in [-0.15, -0.1) is 0 Å². The lowest BCUT2D eigenvalue weighted by molar-refractivity contribution is -0.118. The number of carbonyl (C=O) groups excluding carboxylic acids is 2. The number of benzene rings is 1. The molecule has 0 unspecified atom stereocenters. The first-order valence-electron chi connectivity index (χ1n) is 6.83. The highest BCUT2D eigenvalue weighted by molar-refractivity contribution is 6.21. The van der Waals surface area contributed by atoms with Crippen molar-refractivity contribution < 1.29 is 14.7 Å². The predicted molar refractivity (Wildman–Crippen MR) is 80.6 cm³/mol. The molecule has 1 aliphatic rings. The van der Waals surface area contributed by atoms with Crippen LogP contribution in [0.15, 0.2) is 36.7 Å². The second kappa shape index (κ2) is 5.14. The number of aromatic hydroxyl groups is 1. The Kier molecular flexibility index (Phi) is 3.29. The molecule has 22 heavy (non-hydrogen) atoms. The van der Waals surface area contributed by atoms with Gasteiger partial charge >= 0.3 is 6.03 Å². The third-order valence-electron chi connectivity index (χ3n) is 3.71. The van der Waals surface area contributed by atoms with Crippen LogP contribution in [0.2, 0.25) is 0 Å². The SMILES string of the molecule is Cc1cc([C@@H]2NC(=O)N(c3ccncc3)C2=O)cc(C)c1O. The number of phenols is 1. The van der Waals surface area contributed by atoms with Crippen molar-refractivity contribution in [3.05, 3.63) is 53.3 Å². The summed E-state index contributed by atoms with van der Waals surface area (Å²) in [4.78, 5) is 29.7. The molecule has 3 amide bonds. The molecule has 0 radical (unpaired) electrons. The summed E-state index contributed by atoms with van der Waals surface area (Å²) in [6.07, 6.45) is 3.05. The van der Waals surface area contributed by atoms with E-state index in [1.54, 1.807) is 38.1 Å². The van der Waals surface area contributed by atoms with Crippen molar-refractivity contribution in [3.8, 4) is 5.75 Å². The second-order valence-electron chi connectivity index (χ2n) is 5.26. The standard InChI is InChI=1S/C16H15N3O3/c1-9-7-11(8-10(2)14(9)20)13-15(21)19(16(22)18-13)12-3-5-17-6-4-12/h3-8,13,20H,1-2H3,(H,18,22)/t13-/m0/s1. The number of nitrogens with zero attached hydrogens (tertiary/aromatic N) is 2. The molecular weight excluding hydrogens is 282 g/mol. The summed E-state index contributed by atoms with van der Waals surface area (Å²) in [7, 11) is 0. The summed E-state index contributed by atoms with van der Waals surface area (Å²) in [5.74, 6) is -0.146. The lowest BCUT2D eigenvalue weighted by Gasteiger charge is -2.14. The minimum absolute atomic E-state index is 0.200. The van der Waals surface area contributed by atoms with E-state index in [2.05, 4.69) is 10.3 Å². The topological polar surface area (TPSA) is 82.5 Å². The van der Waals surface area contributed by atoms with Crippen LogP contribution in [0.3, 0.4) is 0 Å². The Morgan fingerprint density at radius 2 is 1.73 bits per heavy atom. The van der Waals surface area contributed by atoms with E-state index in [1.165, 1.54) is 12.4 Å². The van der Waals surface area contributed by atoms with Crippen LogP contribution in [-0.4, -0.2) is 22.0 Å². The Hall–Kier alpha value is -2.89. The van der Waals surface area contributed by atoms with Gasteiger partial charge in [-0.25, -0.2) is 9.69 Å². The molecule has 0 saturated carbocycles. The first-order valence-corrected chi connectivity index (χ1v) is 6.83. The van der Waals surface area contributed by atoms with Gasteiger partial charge in [-0.1, -0.05) is 0 Å². The predicted octanol–water partition coefficient (Wildman–Crippen LogP) is 2.20. The summed E-state index contributed by atoms with van der Waals surface area (Å²) in [6, 6.07) is 5.41. The first-order chi connectivity index (χ1) is 10.5. The zero-order valence-corrected chi connectivity index (χ0v) is 12.2. The molecule has 1 aromatic carbocycles. The van der Waals surface area contributed by atoms with Gasteiger partial charge in [0.05, 0.1) is 5.69 Å². The van der Waals surface area contributed by atoms with Crippen LogP contribution in [0.25, 0.3) is 0 Å². The number of carbonyl (C=O) groups is 2. The molecule has 0 bridgehead atoms. The Bertz CT molecular complexity index is 735. The van der Waals surface area contributed by atoms with Crippen molar-refractivity contribution in [2.75, 3.05) is 4.90 Å². The number of rotatable bonds is 2. The molecule has 2 N–H and O–H groups in total.